The predicted octanol–water partition coefficient (Wildman–Crippen LogP) is 7.73. The Morgan fingerprint density at radius 1 is 1.19 bits per heavy atom. The van der Waals surface area contributed by atoms with Crippen LogP contribution in [0.3, 0.4) is 0 Å². The van der Waals surface area contributed by atoms with Gasteiger partial charge in [0.05, 0.1) is 24.9 Å². The fourth-order valence-corrected chi connectivity index (χ4v) is 6.33. The van der Waals surface area contributed by atoms with Crippen molar-refractivity contribution >= 4 is 76.9 Å². The molecule has 10 heteroatoms. The molecular weight excluding hydrogens is 736 g/mol. The summed E-state index contributed by atoms with van der Waals surface area (Å²) < 4.78 is 12.5. The zero-order chi connectivity index (χ0) is 28.9. The van der Waals surface area contributed by atoms with E-state index < -0.39 is 20.1 Å². The molecule has 0 aliphatic carbocycles. The van der Waals surface area contributed by atoms with Crippen molar-refractivity contribution in [1.82, 2.24) is 5.32 Å². The Morgan fingerprint density at radius 3 is 2.22 bits per heavy atom. The van der Waals surface area contributed by atoms with Gasteiger partial charge in [-0.1, -0.05) is 46.2 Å². The highest BCUT2D eigenvalue weighted by Crippen LogP contribution is 2.42. The van der Waals surface area contributed by atoms with Crippen molar-refractivity contribution < 1.29 is 23.9 Å². The minimum absolute atomic E-state index is 0.0575. The highest BCUT2D eigenvalue weighted by atomic mass is 127. The number of ether oxygens (including phenoxy) is 2. The first kappa shape index (κ1) is 34.7. The summed E-state index contributed by atoms with van der Waals surface area (Å²) in [5, 5.41) is 3.38. The Balaban J connectivity index is 3.45. The molecule has 0 fully saturated rings. The van der Waals surface area contributed by atoms with E-state index in [9.17, 15) is 14.4 Å². The summed E-state index contributed by atoms with van der Waals surface area (Å²) in [6.45, 7) is 20.1. The van der Waals surface area contributed by atoms with Gasteiger partial charge < -0.3 is 19.6 Å². The third kappa shape index (κ3) is 9.65. The summed E-state index contributed by atoms with van der Waals surface area (Å²) in [4.78, 5) is 37.3. The molecule has 0 unspecified atom stereocenters. The standard InChI is InChI=1S/C27H42ClI2NO5Si/c1-11-35-25(33)18(15-31-20(26(4,5)6)12-13-27(7,8)37(9,10)34)23(32)17-14-19(29)24(36-16(2)3)22(30)21(17)28/h14-16,20,31,34H,11-13H2,1-10H3/t20-/m1/s1. The molecule has 1 aromatic rings. The van der Waals surface area contributed by atoms with E-state index in [0.717, 1.165) is 16.4 Å². The minimum Gasteiger partial charge on any atom is -0.489 e. The van der Waals surface area contributed by atoms with E-state index in [2.05, 4.69) is 85.1 Å². The van der Waals surface area contributed by atoms with E-state index in [0.29, 0.717) is 9.32 Å². The van der Waals surface area contributed by atoms with Gasteiger partial charge in [0.15, 0.2) is 8.32 Å². The molecule has 37 heavy (non-hydrogen) atoms. The maximum atomic E-state index is 13.7. The Morgan fingerprint density at radius 2 is 1.76 bits per heavy atom. The number of esters is 1. The lowest BCUT2D eigenvalue weighted by atomic mass is 9.82. The van der Waals surface area contributed by atoms with Crippen LogP contribution in [0, 0.1) is 12.6 Å². The van der Waals surface area contributed by atoms with Gasteiger partial charge in [0.1, 0.15) is 11.3 Å². The fraction of sp³-hybridized carbons (Fsp3) is 0.630. The molecule has 2 N–H and O–H groups in total. The summed E-state index contributed by atoms with van der Waals surface area (Å²) in [6, 6.07) is 1.59. The van der Waals surface area contributed by atoms with Crippen LogP contribution in [0.15, 0.2) is 17.8 Å². The van der Waals surface area contributed by atoms with Gasteiger partial charge in [0.2, 0.25) is 5.78 Å². The quantitative estimate of drug-likeness (QED) is 0.0331. The molecule has 0 saturated carbocycles. The van der Waals surface area contributed by atoms with Crippen molar-refractivity contribution in [2.45, 2.75) is 98.5 Å². The van der Waals surface area contributed by atoms with Crippen LogP contribution in [0.1, 0.15) is 78.6 Å². The topological polar surface area (TPSA) is 84.9 Å². The van der Waals surface area contributed by atoms with Crippen molar-refractivity contribution in [3.63, 3.8) is 0 Å². The van der Waals surface area contributed by atoms with Crippen LogP contribution in [-0.2, 0) is 9.53 Å². The normalized spacial score (nSPS) is 14.0. The monoisotopic (exact) mass is 777 g/mol. The SMILES string of the molecule is CCOC(=O)C(=CN[C@H](CCC(C)(C)[Si](C)(C)O)C(C)(C)C)C(=O)c1cc(I)c(OC(C)C)c(I)c1Cl. The van der Waals surface area contributed by atoms with Crippen molar-refractivity contribution in [3.8, 4) is 5.75 Å². The number of hydrogen-bond acceptors (Lipinski definition) is 6. The summed E-state index contributed by atoms with van der Waals surface area (Å²) in [7, 11) is -2.38. The van der Waals surface area contributed by atoms with E-state index in [4.69, 9.17) is 21.1 Å². The Labute approximate surface area is 256 Å². The molecule has 0 aromatic heterocycles. The summed E-state index contributed by atoms with van der Waals surface area (Å²) in [5.74, 6) is -0.608. The summed E-state index contributed by atoms with van der Waals surface area (Å²) in [6.07, 6.45) is 2.97. The summed E-state index contributed by atoms with van der Waals surface area (Å²) >= 11 is 10.8. The van der Waals surface area contributed by atoms with E-state index in [1.807, 2.05) is 26.9 Å². The smallest absolute Gasteiger partial charge is 0.343 e. The molecule has 0 bridgehead atoms. The van der Waals surface area contributed by atoms with Crippen LogP contribution in [0.2, 0.25) is 23.2 Å². The van der Waals surface area contributed by atoms with Crippen LogP contribution in [-0.4, -0.2) is 43.6 Å². The average molecular weight is 778 g/mol. The van der Waals surface area contributed by atoms with Crippen molar-refractivity contribution in [1.29, 1.82) is 0 Å². The van der Waals surface area contributed by atoms with Crippen molar-refractivity contribution in [2.75, 3.05) is 6.61 Å². The first-order valence-corrected chi connectivity index (χ1v) is 18.0. The van der Waals surface area contributed by atoms with Crippen LogP contribution in [0.25, 0.3) is 0 Å². The highest BCUT2D eigenvalue weighted by molar-refractivity contribution is 14.1. The van der Waals surface area contributed by atoms with Crippen LogP contribution in [0.4, 0.5) is 0 Å². The van der Waals surface area contributed by atoms with Gasteiger partial charge >= 0.3 is 5.97 Å². The van der Waals surface area contributed by atoms with Crippen LogP contribution >= 0.6 is 56.8 Å². The molecule has 1 atom stereocenters. The molecule has 0 saturated heterocycles. The van der Waals surface area contributed by atoms with Gasteiger partial charge in [-0.2, -0.15) is 0 Å². The lowest BCUT2D eigenvalue weighted by Crippen LogP contribution is -2.43. The second-order valence-corrected chi connectivity index (χ2v) is 18.8. The zero-order valence-corrected chi connectivity index (χ0v) is 29.7. The molecule has 1 aromatic carbocycles. The number of hydrogen-bond donors (Lipinski definition) is 2. The number of carbonyl (C=O) groups is 2. The van der Waals surface area contributed by atoms with E-state index in [-0.39, 0.29) is 45.4 Å². The van der Waals surface area contributed by atoms with Gasteiger partial charge in [0.25, 0.3) is 0 Å². The van der Waals surface area contributed by atoms with Crippen molar-refractivity contribution in [3.05, 3.63) is 35.6 Å². The molecule has 6 nitrogen and oxygen atoms in total. The second-order valence-electron chi connectivity index (χ2n) is 11.7. The predicted molar refractivity (Wildman–Crippen MR) is 171 cm³/mol. The maximum Gasteiger partial charge on any atom is 0.343 e. The van der Waals surface area contributed by atoms with E-state index >= 15 is 0 Å². The Bertz CT molecular complexity index is 1010. The number of carbonyl (C=O) groups excluding carboxylic acids is 2. The number of halogens is 3. The first-order valence-electron chi connectivity index (χ1n) is 12.5. The highest BCUT2D eigenvalue weighted by Gasteiger charge is 2.39. The number of benzene rings is 1. The number of rotatable bonds is 12. The molecule has 0 heterocycles. The molecular formula is C27H42ClI2NO5Si. The largest absolute Gasteiger partial charge is 0.489 e. The maximum absolute atomic E-state index is 13.7. The first-order chi connectivity index (χ1) is 16.7. The van der Waals surface area contributed by atoms with E-state index in [1.54, 1.807) is 13.0 Å². The van der Waals surface area contributed by atoms with E-state index in [1.165, 1.54) is 6.20 Å². The number of ketones is 1. The third-order valence-electron chi connectivity index (χ3n) is 6.64. The molecule has 0 aliphatic rings. The van der Waals surface area contributed by atoms with Crippen LogP contribution < -0.4 is 10.1 Å². The average Bonchev–Trinajstić information content (AvgIpc) is 2.74. The molecule has 210 valence electrons. The lowest BCUT2D eigenvalue weighted by molar-refractivity contribution is -0.138. The third-order valence-corrected chi connectivity index (χ3v) is 12.7. The number of nitrogens with one attached hydrogen (secondary N) is 1. The Kier molecular flexibility index (Phi) is 12.9. The molecule has 0 amide bonds. The second kappa shape index (κ2) is 13.8. The molecule has 0 spiro atoms. The zero-order valence-electron chi connectivity index (χ0n) is 23.6. The van der Waals surface area contributed by atoms with Crippen LogP contribution in [0.5, 0.6) is 5.75 Å². The van der Waals surface area contributed by atoms with Crippen molar-refractivity contribution in [2.24, 2.45) is 5.41 Å². The van der Waals surface area contributed by atoms with Gasteiger partial charge in [-0.3, -0.25) is 4.79 Å². The fourth-order valence-electron chi connectivity index (χ4n) is 3.42. The Hall–Kier alpha value is -0.373. The van der Waals surface area contributed by atoms with Gasteiger partial charge in [-0.15, -0.1) is 0 Å². The molecule has 1 rings (SSSR count). The minimum atomic E-state index is -2.38. The molecule has 0 aliphatic heterocycles. The lowest BCUT2D eigenvalue weighted by Gasteiger charge is -2.38. The van der Waals surface area contributed by atoms with Gasteiger partial charge in [0, 0.05) is 17.8 Å². The number of Topliss-reactive ketones (excluding diaryl/α,β-unsaturated/α-hetero) is 1. The molecule has 0 radical (unpaired) electrons. The van der Waals surface area contributed by atoms with Gasteiger partial charge in [-0.25, -0.2) is 4.79 Å². The van der Waals surface area contributed by atoms with Gasteiger partial charge in [-0.05, 0) is 108 Å². The summed E-state index contributed by atoms with van der Waals surface area (Å²) in [5.41, 5.74) is -0.0678.